The Kier molecular flexibility index (Phi) is 7.14. The fourth-order valence-corrected chi connectivity index (χ4v) is 1.43. The molecule has 3 N–H and O–H groups in total. The van der Waals surface area contributed by atoms with Gasteiger partial charge in [-0.1, -0.05) is 12.1 Å². The van der Waals surface area contributed by atoms with E-state index >= 15 is 0 Å². The molecule has 0 saturated carbocycles. The summed E-state index contributed by atoms with van der Waals surface area (Å²) in [6.07, 6.45) is -1.71. The molecule has 2 atom stereocenters. The highest BCUT2D eigenvalue weighted by Gasteiger charge is 2.10. The zero-order valence-corrected chi connectivity index (χ0v) is 11.8. The van der Waals surface area contributed by atoms with Crippen molar-refractivity contribution in [3.8, 4) is 11.5 Å². The Bertz CT molecular complexity index is 427. The van der Waals surface area contributed by atoms with Crippen molar-refractivity contribution in [1.29, 1.82) is 0 Å². The molecule has 7 heteroatoms. The van der Waals surface area contributed by atoms with Gasteiger partial charge in [0.05, 0.1) is 5.88 Å². The third-order valence-electron chi connectivity index (χ3n) is 2.19. The number of aliphatic hydroxyl groups excluding tert-OH is 2. The van der Waals surface area contributed by atoms with Crippen LogP contribution in [0, 0.1) is 0 Å². The van der Waals surface area contributed by atoms with Crippen LogP contribution in [0.5, 0.6) is 11.5 Å². The van der Waals surface area contributed by atoms with E-state index in [4.69, 9.17) is 26.2 Å². The Morgan fingerprint density at radius 2 is 1.90 bits per heavy atom. The average molecular weight is 304 g/mol. The van der Waals surface area contributed by atoms with Gasteiger partial charge < -0.3 is 25.0 Å². The Hall–Kier alpha value is -1.50. The third kappa shape index (κ3) is 6.10. The highest BCUT2D eigenvalue weighted by molar-refractivity contribution is 6.18. The molecule has 0 heterocycles. The van der Waals surface area contributed by atoms with Gasteiger partial charge in [-0.3, -0.25) is 4.79 Å². The van der Waals surface area contributed by atoms with Crippen molar-refractivity contribution in [1.82, 2.24) is 5.32 Å². The number of para-hydroxylation sites is 2. The third-order valence-corrected chi connectivity index (χ3v) is 2.54. The van der Waals surface area contributed by atoms with E-state index in [1.165, 1.54) is 6.92 Å². The largest absolute Gasteiger partial charge is 0.487 e. The van der Waals surface area contributed by atoms with Gasteiger partial charge in [0, 0.05) is 0 Å². The van der Waals surface area contributed by atoms with Crippen LogP contribution in [-0.4, -0.2) is 47.5 Å². The van der Waals surface area contributed by atoms with Gasteiger partial charge in [-0.05, 0) is 19.1 Å². The number of benzene rings is 1. The fraction of sp³-hybridized carbons (Fsp3) is 0.462. The number of hydrogen-bond donors (Lipinski definition) is 3. The van der Waals surface area contributed by atoms with Gasteiger partial charge in [-0.15, -0.1) is 11.6 Å². The summed E-state index contributed by atoms with van der Waals surface area (Å²) in [6, 6.07) is 6.76. The highest BCUT2D eigenvalue weighted by Crippen LogP contribution is 2.26. The maximum absolute atomic E-state index is 11.4. The van der Waals surface area contributed by atoms with Crippen LogP contribution in [0.15, 0.2) is 24.3 Å². The van der Waals surface area contributed by atoms with Gasteiger partial charge in [0.1, 0.15) is 18.9 Å². The van der Waals surface area contributed by atoms with Crippen LogP contribution in [0.4, 0.5) is 0 Å². The number of hydrogen-bond acceptors (Lipinski definition) is 5. The first-order chi connectivity index (χ1) is 9.52. The average Bonchev–Trinajstić information content (AvgIpc) is 2.42. The van der Waals surface area contributed by atoms with Gasteiger partial charge in [-0.25, -0.2) is 0 Å². The van der Waals surface area contributed by atoms with Gasteiger partial charge in [0.25, 0.3) is 5.91 Å². The number of carbonyl (C=O) groups is 1. The summed E-state index contributed by atoms with van der Waals surface area (Å²) < 4.78 is 10.7. The number of aliphatic hydroxyl groups is 2. The number of rotatable bonds is 8. The molecule has 0 aliphatic heterocycles. The monoisotopic (exact) mass is 303 g/mol. The molecule has 1 amide bonds. The number of amides is 1. The van der Waals surface area contributed by atoms with Crippen molar-refractivity contribution in [2.24, 2.45) is 0 Å². The Balaban J connectivity index is 2.54. The first kappa shape index (κ1) is 16.6. The van der Waals surface area contributed by atoms with Crippen LogP contribution in [0.1, 0.15) is 6.92 Å². The second-order valence-corrected chi connectivity index (χ2v) is 4.41. The SMILES string of the molecule is CC(O)NC(=O)COc1ccccc1OCC(O)CCl. The van der Waals surface area contributed by atoms with E-state index in [9.17, 15) is 9.90 Å². The van der Waals surface area contributed by atoms with Crippen LogP contribution >= 0.6 is 11.6 Å². The minimum atomic E-state index is -0.934. The van der Waals surface area contributed by atoms with E-state index in [2.05, 4.69) is 5.32 Å². The van der Waals surface area contributed by atoms with E-state index in [1.54, 1.807) is 24.3 Å². The Morgan fingerprint density at radius 1 is 1.30 bits per heavy atom. The molecule has 0 spiro atoms. The van der Waals surface area contributed by atoms with Gasteiger partial charge in [0.2, 0.25) is 0 Å². The molecule has 0 radical (unpaired) electrons. The summed E-state index contributed by atoms with van der Waals surface area (Å²) in [7, 11) is 0. The van der Waals surface area contributed by atoms with E-state index in [0.717, 1.165) is 0 Å². The van der Waals surface area contributed by atoms with E-state index < -0.39 is 18.2 Å². The van der Waals surface area contributed by atoms with Crippen molar-refractivity contribution in [2.45, 2.75) is 19.3 Å². The molecular weight excluding hydrogens is 286 g/mol. The van der Waals surface area contributed by atoms with E-state index in [0.29, 0.717) is 11.5 Å². The zero-order chi connectivity index (χ0) is 15.0. The normalized spacial score (nSPS) is 13.4. The molecule has 1 rings (SSSR count). The molecule has 0 aromatic heterocycles. The molecule has 112 valence electrons. The lowest BCUT2D eigenvalue weighted by Crippen LogP contribution is -2.35. The van der Waals surface area contributed by atoms with Crippen molar-refractivity contribution in [2.75, 3.05) is 19.1 Å². The van der Waals surface area contributed by atoms with Crippen LogP contribution in [0.25, 0.3) is 0 Å². The molecule has 6 nitrogen and oxygen atoms in total. The lowest BCUT2D eigenvalue weighted by molar-refractivity contribution is -0.125. The molecule has 1 aromatic carbocycles. The summed E-state index contributed by atoms with van der Waals surface area (Å²) in [6.45, 7) is 1.22. The summed E-state index contributed by atoms with van der Waals surface area (Å²) in [5.74, 6) is 0.395. The summed E-state index contributed by atoms with van der Waals surface area (Å²) in [5, 5.41) is 20.6. The lowest BCUT2D eigenvalue weighted by Gasteiger charge is -2.14. The maximum Gasteiger partial charge on any atom is 0.259 e. The lowest BCUT2D eigenvalue weighted by atomic mass is 10.3. The number of halogens is 1. The van der Waals surface area contributed by atoms with E-state index in [-0.39, 0.29) is 19.1 Å². The predicted molar refractivity (Wildman–Crippen MR) is 74.0 cm³/mol. The summed E-state index contributed by atoms with van der Waals surface area (Å²) in [5.41, 5.74) is 0. The summed E-state index contributed by atoms with van der Waals surface area (Å²) in [4.78, 5) is 11.4. The minimum absolute atomic E-state index is 0.0315. The molecule has 20 heavy (non-hydrogen) atoms. The van der Waals surface area contributed by atoms with Gasteiger partial charge in [-0.2, -0.15) is 0 Å². The topological polar surface area (TPSA) is 88.0 Å². The number of alkyl halides is 1. The fourth-order valence-electron chi connectivity index (χ4n) is 1.34. The standard InChI is InChI=1S/C13H18ClNO5/c1-9(16)15-13(18)8-20-12-5-3-2-4-11(12)19-7-10(17)6-14/h2-5,9-10,16-17H,6-8H2,1H3,(H,15,18). The highest BCUT2D eigenvalue weighted by atomic mass is 35.5. The number of carbonyl (C=O) groups excluding carboxylic acids is 1. The van der Waals surface area contributed by atoms with Crippen molar-refractivity contribution < 1.29 is 24.5 Å². The number of nitrogens with one attached hydrogen (secondary N) is 1. The summed E-state index contributed by atoms with van der Waals surface area (Å²) >= 11 is 5.47. The molecule has 0 aliphatic rings. The minimum Gasteiger partial charge on any atom is -0.487 e. The molecular formula is C13H18ClNO5. The van der Waals surface area contributed by atoms with Crippen molar-refractivity contribution in [3.05, 3.63) is 24.3 Å². The van der Waals surface area contributed by atoms with Gasteiger partial charge >= 0.3 is 0 Å². The second-order valence-electron chi connectivity index (χ2n) is 4.10. The van der Waals surface area contributed by atoms with Crippen molar-refractivity contribution in [3.63, 3.8) is 0 Å². The van der Waals surface area contributed by atoms with Crippen LogP contribution in [-0.2, 0) is 4.79 Å². The van der Waals surface area contributed by atoms with Crippen molar-refractivity contribution >= 4 is 17.5 Å². The van der Waals surface area contributed by atoms with Crippen LogP contribution in [0.3, 0.4) is 0 Å². The van der Waals surface area contributed by atoms with Crippen LogP contribution in [0.2, 0.25) is 0 Å². The van der Waals surface area contributed by atoms with Gasteiger partial charge in [0.15, 0.2) is 18.1 Å². The smallest absolute Gasteiger partial charge is 0.259 e. The molecule has 0 saturated heterocycles. The molecule has 2 unspecified atom stereocenters. The predicted octanol–water partition coefficient (Wildman–Crippen LogP) is 0.498. The Morgan fingerprint density at radius 3 is 2.45 bits per heavy atom. The number of ether oxygens (including phenoxy) is 2. The van der Waals surface area contributed by atoms with E-state index in [1.807, 2.05) is 0 Å². The molecule has 0 bridgehead atoms. The quantitative estimate of drug-likeness (QED) is 0.481. The maximum atomic E-state index is 11.4. The Labute approximate surface area is 122 Å². The second kappa shape index (κ2) is 8.63. The molecule has 0 fully saturated rings. The van der Waals surface area contributed by atoms with Crippen LogP contribution < -0.4 is 14.8 Å². The first-order valence-electron chi connectivity index (χ1n) is 6.09. The zero-order valence-electron chi connectivity index (χ0n) is 11.1. The molecule has 1 aromatic rings. The molecule has 0 aliphatic carbocycles. The first-order valence-corrected chi connectivity index (χ1v) is 6.62.